The third-order valence-corrected chi connectivity index (χ3v) is 6.21. The first-order valence-electron chi connectivity index (χ1n) is 11.5. The molecule has 0 radical (unpaired) electrons. The van der Waals surface area contributed by atoms with Crippen molar-refractivity contribution in [2.75, 3.05) is 5.32 Å². The number of hydrogen-bond acceptors (Lipinski definition) is 4. The van der Waals surface area contributed by atoms with Gasteiger partial charge in [0, 0.05) is 23.4 Å². The molecule has 6 nitrogen and oxygen atoms in total. The van der Waals surface area contributed by atoms with E-state index in [1.165, 1.54) is 6.07 Å². The van der Waals surface area contributed by atoms with E-state index in [9.17, 15) is 14.7 Å². The van der Waals surface area contributed by atoms with Crippen LogP contribution in [0.15, 0.2) is 36.4 Å². The number of aryl methyl sites for hydroxylation is 2. The fraction of sp³-hybridized carbons (Fsp3) is 0.321. The van der Waals surface area contributed by atoms with Crippen molar-refractivity contribution in [3.05, 3.63) is 81.2 Å². The van der Waals surface area contributed by atoms with E-state index in [-0.39, 0.29) is 23.9 Å². The number of benzene rings is 2. The Kier molecular flexibility index (Phi) is 9.18. The van der Waals surface area contributed by atoms with Crippen LogP contribution in [0.4, 0.5) is 5.69 Å². The van der Waals surface area contributed by atoms with Crippen LogP contribution in [-0.2, 0) is 13.0 Å². The van der Waals surface area contributed by atoms with Gasteiger partial charge in [0.1, 0.15) is 0 Å². The summed E-state index contributed by atoms with van der Waals surface area (Å²) in [6.07, 6.45) is 0.787. The first kappa shape index (κ1) is 28.0. The zero-order chi connectivity index (χ0) is 25.2. The van der Waals surface area contributed by atoms with E-state index in [1.807, 2.05) is 38.1 Å². The number of hydrogen-bond donors (Lipinski definition) is 3. The van der Waals surface area contributed by atoms with Crippen LogP contribution < -0.4 is 11.1 Å². The number of aromatic carboxylic acids is 1. The summed E-state index contributed by atoms with van der Waals surface area (Å²) >= 11 is 0. The summed E-state index contributed by atoms with van der Waals surface area (Å²) in [5.74, 6) is -0.917. The Hall–Kier alpha value is -3.22. The van der Waals surface area contributed by atoms with E-state index in [2.05, 4.69) is 19.2 Å². The Morgan fingerprint density at radius 2 is 1.54 bits per heavy atom. The number of nitrogens with zero attached hydrogens (tertiary/aromatic N) is 1. The van der Waals surface area contributed by atoms with Crippen LogP contribution in [0.2, 0.25) is 0 Å². The molecule has 0 saturated heterocycles. The molecule has 0 bridgehead atoms. The van der Waals surface area contributed by atoms with Gasteiger partial charge in [-0.15, -0.1) is 12.4 Å². The van der Waals surface area contributed by atoms with Gasteiger partial charge in [-0.25, -0.2) is 4.79 Å². The Morgan fingerprint density at radius 1 is 0.971 bits per heavy atom. The van der Waals surface area contributed by atoms with E-state index in [0.29, 0.717) is 40.5 Å². The van der Waals surface area contributed by atoms with Gasteiger partial charge < -0.3 is 16.2 Å². The molecule has 0 saturated carbocycles. The number of pyridine rings is 1. The van der Waals surface area contributed by atoms with Gasteiger partial charge in [-0.1, -0.05) is 43.7 Å². The number of carbonyl (C=O) groups is 2. The molecule has 0 aliphatic heterocycles. The fourth-order valence-electron chi connectivity index (χ4n) is 4.25. The summed E-state index contributed by atoms with van der Waals surface area (Å²) in [4.78, 5) is 29.7. The lowest BCUT2D eigenvalue weighted by molar-refractivity contribution is 0.0695. The van der Waals surface area contributed by atoms with Crippen LogP contribution in [0.25, 0.3) is 11.1 Å². The molecule has 1 heterocycles. The summed E-state index contributed by atoms with van der Waals surface area (Å²) in [5, 5.41) is 12.5. The summed E-state index contributed by atoms with van der Waals surface area (Å²) < 4.78 is 0. The van der Waals surface area contributed by atoms with E-state index in [0.717, 1.165) is 34.4 Å². The average Bonchev–Trinajstić information content (AvgIpc) is 2.77. The summed E-state index contributed by atoms with van der Waals surface area (Å²) in [6.45, 7) is 12.0. The van der Waals surface area contributed by atoms with E-state index in [1.54, 1.807) is 19.9 Å². The van der Waals surface area contributed by atoms with Gasteiger partial charge in [-0.2, -0.15) is 0 Å². The minimum Gasteiger partial charge on any atom is -0.478 e. The molecule has 0 spiro atoms. The van der Waals surface area contributed by atoms with Gasteiger partial charge in [-0.05, 0) is 74.4 Å². The van der Waals surface area contributed by atoms with Gasteiger partial charge in [-0.3, -0.25) is 9.78 Å². The van der Waals surface area contributed by atoms with Crippen LogP contribution in [0.5, 0.6) is 0 Å². The number of anilines is 1. The van der Waals surface area contributed by atoms with Gasteiger partial charge in [0.05, 0.1) is 16.9 Å². The van der Waals surface area contributed by atoms with Crippen molar-refractivity contribution in [3.8, 4) is 11.1 Å². The molecular formula is C28H34ClN3O3. The van der Waals surface area contributed by atoms with Crippen molar-refractivity contribution in [2.24, 2.45) is 11.7 Å². The number of nitrogens with two attached hydrogens (primary N) is 1. The monoisotopic (exact) mass is 495 g/mol. The Labute approximate surface area is 213 Å². The fourth-order valence-corrected chi connectivity index (χ4v) is 4.25. The second kappa shape index (κ2) is 11.5. The minimum atomic E-state index is -1.01. The maximum atomic E-state index is 13.4. The van der Waals surface area contributed by atoms with Crippen LogP contribution in [0, 0.1) is 33.6 Å². The van der Waals surface area contributed by atoms with Crippen molar-refractivity contribution in [3.63, 3.8) is 0 Å². The summed E-state index contributed by atoms with van der Waals surface area (Å²) in [6, 6.07) is 11.2. The highest BCUT2D eigenvalue weighted by molar-refractivity contribution is 6.08. The SMILES string of the molecule is Cc1ccc(-c2c(CN)c(CC(C)C)nc(C)c2NC(=O)c2ccc(C(=O)O)c(C)c2C)cc1.Cl. The zero-order valence-corrected chi connectivity index (χ0v) is 22.0. The van der Waals surface area contributed by atoms with Crippen LogP contribution in [-0.4, -0.2) is 22.0 Å². The van der Waals surface area contributed by atoms with Crippen LogP contribution in [0.1, 0.15) is 68.2 Å². The molecule has 0 aliphatic rings. The maximum absolute atomic E-state index is 13.4. The predicted molar refractivity (Wildman–Crippen MR) is 144 cm³/mol. The third-order valence-electron chi connectivity index (χ3n) is 6.21. The standard InChI is InChI=1S/C28H33N3O3.ClH/c1-15(2)13-24-23(14-29)25(20-9-7-16(3)8-10-20)26(19(6)30-24)31-27(32)21-11-12-22(28(33)34)18(5)17(21)4;/h7-12,15H,13-14,29H2,1-6H3,(H,31,32)(H,33,34);1H. The van der Waals surface area contributed by atoms with Crippen molar-refractivity contribution in [1.29, 1.82) is 0 Å². The highest BCUT2D eigenvalue weighted by Gasteiger charge is 2.22. The third kappa shape index (κ3) is 5.89. The Morgan fingerprint density at radius 3 is 2.09 bits per heavy atom. The molecule has 0 atom stereocenters. The highest BCUT2D eigenvalue weighted by Crippen LogP contribution is 2.36. The summed E-state index contributed by atoms with van der Waals surface area (Å²) in [5.41, 5.74) is 14.3. The van der Waals surface area contributed by atoms with E-state index in [4.69, 9.17) is 10.7 Å². The van der Waals surface area contributed by atoms with Crippen molar-refractivity contribution < 1.29 is 14.7 Å². The number of halogens is 1. The lowest BCUT2D eigenvalue weighted by atomic mass is 9.92. The summed E-state index contributed by atoms with van der Waals surface area (Å²) in [7, 11) is 0. The molecule has 7 heteroatoms. The second-order valence-corrected chi connectivity index (χ2v) is 9.21. The molecule has 3 rings (SSSR count). The van der Waals surface area contributed by atoms with E-state index >= 15 is 0 Å². The number of carbonyl (C=O) groups excluding carboxylic acids is 1. The minimum absolute atomic E-state index is 0. The number of carboxylic acids is 1. The van der Waals surface area contributed by atoms with Crippen molar-refractivity contribution >= 4 is 30.0 Å². The number of aromatic nitrogens is 1. The van der Waals surface area contributed by atoms with E-state index < -0.39 is 5.97 Å². The normalized spacial score (nSPS) is 10.7. The van der Waals surface area contributed by atoms with Crippen LogP contribution in [0.3, 0.4) is 0 Å². The molecule has 0 fully saturated rings. The molecule has 1 amide bonds. The largest absolute Gasteiger partial charge is 0.478 e. The van der Waals surface area contributed by atoms with Gasteiger partial charge in [0.15, 0.2) is 0 Å². The predicted octanol–water partition coefficient (Wildman–Crippen LogP) is 6.01. The molecule has 4 N–H and O–H groups in total. The first-order chi connectivity index (χ1) is 16.0. The molecule has 35 heavy (non-hydrogen) atoms. The smallest absolute Gasteiger partial charge is 0.335 e. The Bertz CT molecular complexity index is 1250. The number of nitrogens with one attached hydrogen (secondary N) is 1. The van der Waals surface area contributed by atoms with Crippen molar-refractivity contribution in [1.82, 2.24) is 4.98 Å². The zero-order valence-electron chi connectivity index (χ0n) is 21.2. The van der Waals surface area contributed by atoms with Gasteiger partial charge in [0.25, 0.3) is 5.91 Å². The number of amides is 1. The van der Waals surface area contributed by atoms with Crippen LogP contribution >= 0.6 is 12.4 Å². The Balaban J connectivity index is 0.00000432. The van der Waals surface area contributed by atoms with Gasteiger partial charge >= 0.3 is 5.97 Å². The average molecular weight is 496 g/mol. The molecule has 3 aromatic rings. The quantitative estimate of drug-likeness (QED) is 0.372. The molecule has 0 aliphatic carbocycles. The molecule has 1 aromatic heterocycles. The lowest BCUT2D eigenvalue weighted by Gasteiger charge is -2.22. The molecule has 0 unspecified atom stereocenters. The highest BCUT2D eigenvalue weighted by atomic mass is 35.5. The lowest BCUT2D eigenvalue weighted by Crippen LogP contribution is -2.19. The first-order valence-corrected chi connectivity index (χ1v) is 11.5. The molecular weight excluding hydrogens is 462 g/mol. The number of carboxylic acid groups (broad SMARTS) is 1. The topological polar surface area (TPSA) is 105 Å². The number of rotatable bonds is 7. The second-order valence-electron chi connectivity index (χ2n) is 9.21. The molecule has 2 aromatic carbocycles. The van der Waals surface area contributed by atoms with Crippen molar-refractivity contribution in [2.45, 2.75) is 54.5 Å². The molecule has 186 valence electrons. The van der Waals surface area contributed by atoms with Gasteiger partial charge in [0.2, 0.25) is 0 Å². The maximum Gasteiger partial charge on any atom is 0.335 e.